The molecule has 2 rings (SSSR count). The zero-order chi connectivity index (χ0) is 15.5. The second kappa shape index (κ2) is 5.98. The van der Waals surface area contributed by atoms with Crippen LogP contribution in [-0.2, 0) is 13.2 Å². The van der Waals surface area contributed by atoms with Gasteiger partial charge in [-0.2, -0.15) is 23.3 Å². The summed E-state index contributed by atoms with van der Waals surface area (Å²) in [5, 5.41) is 6.58. The maximum Gasteiger partial charge on any atom is 0.433 e. The van der Waals surface area contributed by atoms with E-state index in [1.807, 2.05) is 6.92 Å². The third-order valence-corrected chi connectivity index (χ3v) is 2.43. The zero-order valence-electron chi connectivity index (χ0n) is 11.5. The lowest BCUT2D eigenvalue weighted by molar-refractivity contribution is -0.141. The second-order valence-corrected chi connectivity index (χ2v) is 4.29. The number of aromatic nitrogens is 4. The van der Waals surface area contributed by atoms with E-state index in [9.17, 15) is 13.2 Å². The molecule has 0 aliphatic carbocycles. The highest BCUT2D eigenvalue weighted by Gasteiger charge is 2.34. The van der Waals surface area contributed by atoms with Gasteiger partial charge < -0.3 is 10.1 Å². The van der Waals surface area contributed by atoms with Gasteiger partial charge in [0.05, 0.1) is 12.4 Å². The molecule has 0 aliphatic heterocycles. The first-order valence-corrected chi connectivity index (χ1v) is 6.25. The molecule has 0 unspecified atom stereocenters. The van der Waals surface area contributed by atoms with Gasteiger partial charge in [0.1, 0.15) is 0 Å². The molecule has 2 heterocycles. The molecule has 2 aromatic heterocycles. The van der Waals surface area contributed by atoms with E-state index in [2.05, 4.69) is 20.4 Å². The van der Waals surface area contributed by atoms with Gasteiger partial charge >= 0.3 is 6.18 Å². The highest BCUT2D eigenvalue weighted by Crippen LogP contribution is 2.31. The summed E-state index contributed by atoms with van der Waals surface area (Å²) < 4.78 is 45.2. The van der Waals surface area contributed by atoms with E-state index in [-0.39, 0.29) is 11.8 Å². The van der Waals surface area contributed by atoms with Crippen LogP contribution in [0.5, 0.6) is 11.6 Å². The molecule has 0 aromatic carbocycles. The van der Waals surface area contributed by atoms with Crippen LogP contribution in [0.2, 0.25) is 0 Å². The number of ether oxygens (including phenoxy) is 1. The van der Waals surface area contributed by atoms with Gasteiger partial charge in [-0.25, -0.2) is 4.98 Å². The van der Waals surface area contributed by atoms with Crippen LogP contribution < -0.4 is 10.1 Å². The average molecular weight is 301 g/mol. The van der Waals surface area contributed by atoms with Crippen LogP contribution in [0.3, 0.4) is 0 Å². The second-order valence-electron chi connectivity index (χ2n) is 4.29. The van der Waals surface area contributed by atoms with Crippen molar-refractivity contribution < 1.29 is 17.9 Å². The van der Waals surface area contributed by atoms with Crippen LogP contribution in [-0.4, -0.2) is 26.3 Å². The molecule has 9 heteroatoms. The maximum absolute atomic E-state index is 12.8. The molecule has 2 aromatic rings. The average Bonchev–Trinajstić information content (AvgIpc) is 2.80. The number of hydrogen-bond donors (Lipinski definition) is 1. The number of aryl methyl sites for hydroxylation is 1. The number of alkyl halides is 3. The smallest absolute Gasteiger partial charge is 0.433 e. The summed E-state index contributed by atoms with van der Waals surface area (Å²) in [6, 6.07) is 0.754. The Balaban J connectivity index is 2.30. The standard InChI is InChI=1S/C12H14F3N5O/c1-3-4-16-11-18-9(12(13,14)15)5-10(19-11)21-8-6-17-20(2)7-8/h5-7H,3-4H2,1-2H3,(H,16,18,19). The van der Waals surface area contributed by atoms with Crippen molar-refractivity contribution in [3.05, 3.63) is 24.2 Å². The van der Waals surface area contributed by atoms with E-state index < -0.39 is 11.9 Å². The van der Waals surface area contributed by atoms with E-state index in [4.69, 9.17) is 4.74 Å². The minimum Gasteiger partial charge on any atom is -0.436 e. The first-order chi connectivity index (χ1) is 9.88. The lowest BCUT2D eigenvalue weighted by atomic mass is 10.4. The normalized spacial score (nSPS) is 11.5. The van der Waals surface area contributed by atoms with Crippen LogP contribution in [0, 0.1) is 0 Å². The van der Waals surface area contributed by atoms with Gasteiger partial charge in [-0.15, -0.1) is 0 Å². The molecular weight excluding hydrogens is 287 g/mol. The van der Waals surface area contributed by atoms with E-state index in [1.165, 1.54) is 17.1 Å². The van der Waals surface area contributed by atoms with Crippen molar-refractivity contribution >= 4 is 5.95 Å². The lowest BCUT2D eigenvalue weighted by Crippen LogP contribution is -2.13. The summed E-state index contributed by atoms with van der Waals surface area (Å²) in [4.78, 5) is 7.35. The Kier molecular flexibility index (Phi) is 4.29. The Morgan fingerprint density at radius 2 is 2.10 bits per heavy atom. The molecule has 0 saturated heterocycles. The Morgan fingerprint density at radius 1 is 1.33 bits per heavy atom. The molecule has 114 valence electrons. The van der Waals surface area contributed by atoms with Crippen LogP contribution in [0.25, 0.3) is 0 Å². The molecule has 0 fully saturated rings. The molecule has 1 N–H and O–H groups in total. The van der Waals surface area contributed by atoms with Crippen LogP contribution in [0.4, 0.5) is 19.1 Å². The molecule has 0 saturated carbocycles. The van der Waals surface area contributed by atoms with Gasteiger partial charge in [-0.1, -0.05) is 6.92 Å². The van der Waals surface area contributed by atoms with Gasteiger partial charge in [-0.3, -0.25) is 4.68 Å². The summed E-state index contributed by atoms with van der Waals surface area (Å²) >= 11 is 0. The summed E-state index contributed by atoms with van der Waals surface area (Å²) in [5.74, 6) is -0.0136. The topological polar surface area (TPSA) is 64.9 Å². The molecule has 21 heavy (non-hydrogen) atoms. The molecule has 0 amide bonds. The Labute approximate surface area is 119 Å². The Hall–Kier alpha value is -2.32. The van der Waals surface area contributed by atoms with Gasteiger partial charge in [0.2, 0.25) is 11.8 Å². The summed E-state index contributed by atoms with van der Waals surface area (Å²) in [7, 11) is 1.67. The van der Waals surface area contributed by atoms with E-state index >= 15 is 0 Å². The van der Waals surface area contributed by atoms with E-state index in [0.29, 0.717) is 12.3 Å². The Morgan fingerprint density at radius 3 is 2.67 bits per heavy atom. The monoisotopic (exact) mass is 301 g/mol. The van der Waals surface area contributed by atoms with Crippen molar-refractivity contribution in [2.45, 2.75) is 19.5 Å². The number of nitrogens with one attached hydrogen (secondary N) is 1. The number of rotatable bonds is 5. The first kappa shape index (κ1) is 15.1. The molecule has 0 spiro atoms. The highest BCUT2D eigenvalue weighted by molar-refractivity contribution is 5.33. The fourth-order valence-corrected chi connectivity index (χ4v) is 1.51. The van der Waals surface area contributed by atoms with Gasteiger partial charge in [-0.05, 0) is 6.42 Å². The van der Waals surface area contributed by atoms with Crippen LogP contribution >= 0.6 is 0 Å². The number of anilines is 1. The molecule has 0 aliphatic rings. The van der Waals surface area contributed by atoms with Crippen molar-refractivity contribution in [2.24, 2.45) is 7.05 Å². The van der Waals surface area contributed by atoms with Gasteiger partial charge in [0.25, 0.3) is 0 Å². The predicted octanol–water partition coefficient (Wildman–Crippen LogP) is 2.84. The van der Waals surface area contributed by atoms with E-state index in [1.54, 1.807) is 7.05 Å². The summed E-state index contributed by atoms with van der Waals surface area (Å²) in [6.45, 7) is 2.35. The van der Waals surface area contributed by atoms with Crippen molar-refractivity contribution in [1.29, 1.82) is 0 Å². The summed E-state index contributed by atoms with van der Waals surface area (Å²) in [6.07, 6.45) is -0.930. The lowest BCUT2D eigenvalue weighted by Gasteiger charge is -2.11. The maximum atomic E-state index is 12.8. The van der Waals surface area contributed by atoms with Crippen molar-refractivity contribution in [2.75, 3.05) is 11.9 Å². The fraction of sp³-hybridized carbons (Fsp3) is 0.417. The van der Waals surface area contributed by atoms with E-state index in [0.717, 1.165) is 12.5 Å². The number of nitrogens with zero attached hydrogens (tertiary/aromatic N) is 4. The minimum absolute atomic E-state index is 0.120. The van der Waals surface area contributed by atoms with Gasteiger partial charge in [0, 0.05) is 19.7 Å². The molecule has 0 atom stereocenters. The first-order valence-electron chi connectivity index (χ1n) is 6.25. The van der Waals surface area contributed by atoms with Crippen molar-refractivity contribution in [3.63, 3.8) is 0 Å². The SMILES string of the molecule is CCCNc1nc(Oc2cnn(C)c2)cc(C(F)(F)F)n1. The van der Waals surface area contributed by atoms with Crippen molar-refractivity contribution in [3.8, 4) is 11.6 Å². The third-order valence-electron chi connectivity index (χ3n) is 2.43. The molecule has 6 nitrogen and oxygen atoms in total. The molecule has 0 bridgehead atoms. The van der Waals surface area contributed by atoms with Gasteiger partial charge in [0.15, 0.2) is 11.4 Å². The highest BCUT2D eigenvalue weighted by atomic mass is 19.4. The largest absolute Gasteiger partial charge is 0.436 e. The quantitative estimate of drug-likeness (QED) is 0.920. The zero-order valence-corrected chi connectivity index (χ0v) is 11.5. The van der Waals surface area contributed by atoms with Crippen LogP contribution in [0.1, 0.15) is 19.0 Å². The third kappa shape index (κ3) is 4.07. The van der Waals surface area contributed by atoms with Crippen molar-refractivity contribution in [1.82, 2.24) is 19.7 Å². The molecule has 0 radical (unpaired) electrons. The number of hydrogen-bond acceptors (Lipinski definition) is 5. The predicted molar refractivity (Wildman–Crippen MR) is 69.1 cm³/mol. The summed E-state index contributed by atoms with van der Waals surface area (Å²) in [5.41, 5.74) is -1.06. The minimum atomic E-state index is -4.57. The Bertz CT molecular complexity index is 611. The molecular formula is C12H14F3N5O. The fourth-order valence-electron chi connectivity index (χ4n) is 1.51. The van der Waals surface area contributed by atoms with Crippen LogP contribution in [0.15, 0.2) is 18.5 Å². The number of halogens is 3.